The molecule has 90 valence electrons. The molecule has 0 aliphatic carbocycles. The fourth-order valence-corrected chi connectivity index (χ4v) is 3.11. The highest BCUT2D eigenvalue weighted by Gasteiger charge is 2.13. The molecule has 0 atom stereocenters. The first-order valence-corrected chi connectivity index (χ1v) is 7.18. The van der Waals surface area contributed by atoms with Gasteiger partial charge in [-0.25, -0.2) is 0 Å². The standard InChI is InChI=1S/C12H14BrN3S/c1-4-14-12-8(3)7(2)11(15-16-12)9-5-17-6-10(9)13/h5-6H,4H2,1-3H3,(H,14,16). The Labute approximate surface area is 113 Å². The third-order valence-electron chi connectivity index (χ3n) is 2.74. The zero-order valence-electron chi connectivity index (χ0n) is 10.0. The van der Waals surface area contributed by atoms with Gasteiger partial charge in [0.2, 0.25) is 0 Å². The zero-order chi connectivity index (χ0) is 12.4. The Morgan fingerprint density at radius 1 is 1.24 bits per heavy atom. The Balaban J connectivity index is 2.51. The van der Waals surface area contributed by atoms with Crippen LogP contribution in [0, 0.1) is 13.8 Å². The second kappa shape index (κ2) is 5.14. The topological polar surface area (TPSA) is 37.8 Å². The second-order valence-electron chi connectivity index (χ2n) is 3.81. The van der Waals surface area contributed by atoms with Crippen molar-refractivity contribution in [1.82, 2.24) is 10.2 Å². The monoisotopic (exact) mass is 311 g/mol. The van der Waals surface area contributed by atoms with Crippen molar-refractivity contribution < 1.29 is 0 Å². The number of aromatic nitrogens is 2. The van der Waals surface area contributed by atoms with E-state index in [0.29, 0.717) is 0 Å². The van der Waals surface area contributed by atoms with Gasteiger partial charge in [0.25, 0.3) is 0 Å². The summed E-state index contributed by atoms with van der Waals surface area (Å²) in [6.07, 6.45) is 0. The van der Waals surface area contributed by atoms with Gasteiger partial charge in [0.1, 0.15) is 0 Å². The van der Waals surface area contributed by atoms with E-state index in [0.717, 1.165) is 33.7 Å². The quantitative estimate of drug-likeness (QED) is 0.930. The van der Waals surface area contributed by atoms with E-state index < -0.39 is 0 Å². The van der Waals surface area contributed by atoms with E-state index in [-0.39, 0.29) is 0 Å². The molecule has 2 aromatic rings. The van der Waals surface area contributed by atoms with Crippen LogP contribution in [0.2, 0.25) is 0 Å². The van der Waals surface area contributed by atoms with Gasteiger partial charge < -0.3 is 5.32 Å². The van der Waals surface area contributed by atoms with E-state index in [1.54, 1.807) is 11.3 Å². The average molecular weight is 312 g/mol. The summed E-state index contributed by atoms with van der Waals surface area (Å²) in [4.78, 5) is 0. The summed E-state index contributed by atoms with van der Waals surface area (Å²) >= 11 is 5.20. The second-order valence-corrected chi connectivity index (χ2v) is 5.41. The van der Waals surface area contributed by atoms with Gasteiger partial charge in [-0.1, -0.05) is 0 Å². The Hall–Kier alpha value is -0.940. The molecule has 0 aliphatic rings. The molecule has 0 saturated carbocycles. The van der Waals surface area contributed by atoms with Gasteiger partial charge in [-0.15, -0.1) is 10.2 Å². The van der Waals surface area contributed by atoms with Gasteiger partial charge in [0.05, 0.1) is 5.69 Å². The number of rotatable bonds is 3. The van der Waals surface area contributed by atoms with Gasteiger partial charge in [0, 0.05) is 27.3 Å². The predicted octanol–water partition coefficient (Wildman–Crippen LogP) is 4.02. The Kier molecular flexibility index (Phi) is 3.79. The van der Waals surface area contributed by atoms with Crippen molar-refractivity contribution in [2.75, 3.05) is 11.9 Å². The van der Waals surface area contributed by atoms with Crippen LogP contribution in [0.1, 0.15) is 18.1 Å². The number of thiophene rings is 1. The molecule has 0 spiro atoms. The molecule has 0 saturated heterocycles. The molecular formula is C12H14BrN3S. The van der Waals surface area contributed by atoms with E-state index in [4.69, 9.17) is 0 Å². The highest BCUT2D eigenvalue weighted by Crippen LogP contribution is 2.33. The average Bonchev–Trinajstić information content (AvgIpc) is 2.72. The first-order chi connectivity index (χ1) is 8.15. The minimum atomic E-state index is 0.858. The molecule has 0 unspecified atom stereocenters. The van der Waals surface area contributed by atoms with Crippen molar-refractivity contribution >= 4 is 33.1 Å². The summed E-state index contributed by atoms with van der Waals surface area (Å²) in [7, 11) is 0. The molecule has 0 radical (unpaired) electrons. The Bertz CT molecular complexity index is 537. The number of anilines is 1. The van der Waals surface area contributed by atoms with Gasteiger partial charge in [-0.3, -0.25) is 0 Å². The number of nitrogens with zero attached hydrogens (tertiary/aromatic N) is 2. The fraction of sp³-hybridized carbons (Fsp3) is 0.333. The molecule has 0 fully saturated rings. The number of hydrogen-bond donors (Lipinski definition) is 1. The Morgan fingerprint density at radius 3 is 2.59 bits per heavy atom. The molecule has 2 aromatic heterocycles. The molecule has 2 rings (SSSR count). The van der Waals surface area contributed by atoms with Crippen LogP contribution in [0.3, 0.4) is 0 Å². The number of nitrogens with one attached hydrogen (secondary N) is 1. The maximum absolute atomic E-state index is 4.33. The predicted molar refractivity (Wildman–Crippen MR) is 76.7 cm³/mol. The smallest absolute Gasteiger partial charge is 0.151 e. The fourth-order valence-electron chi connectivity index (χ4n) is 1.65. The van der Waals surface area contributed by atoms with Crippen LogP contribution < -0.4 is 5.32 Å². The van der Waals surface area contributed by atoms with Crippen molar-refractivity contribution in [2.24, 2.45) is 0 Å². The van der Waals surface area contributed by atoms with E-state index in [9.17, 15) is 0 Å². The number of hydrogen-bond acceptors (Lipinski definition) is 4. The lowest BCUT2D eigenvalue weighted by Crippen LogP contribution is -2.06. The van der Waals surface area contributed by atoms with Crippen LogP contribution in [0.15, 0.2) is 15.2 Å². The van der Waals surface area contributed by atoms with E-state index >= 15 is 0 Å². The van der Waals surface area contributed by atoms with Crippen molar-refractivity contribution in [3.8, 4) is 11.3 Å². The molecule has 0 amide bonds. The lowest BCUT2D eigenvalue weighted by atomic mass is 10.1. The summed E-state index contributed by atoms with van der Waals surface area (Å²) in [5.74, 6) is 0.875. The van der Waals surface area contributed by atoms with E-state index in [1.807, 2.05) is 0 Å². The normalized spacial score (nSPS) is 10.6. The zero-order valence-corrected chi connectivity index (χ0v) is 12.4. The van der Waals surface area contributed by atoms with E-state index in [1.165, 1.54) is 5.56 Å². The SMILES string of the molecule is CCNc1nnc(-c2cscc2Br)c(C)c1C. The minimum Gasteiger partial charge on any atom is -0.369 e. The molecule has 1 N–H and O–H groups in total. The summed E-state index contributed by atoms with van der Waals surface area (Å²) in [6, 6.07) is 0. The molecular weight excluding hydrogens is 298 g/mol. The summed E-state index contributed by atoms with van der Waals surface area (Å²) < 4.78 is 1.08. The van der Waals surface area contributed by atoms with Crippen molar-refractivity contribution in [3.63, 3.8) is 0 Å². The summed E-state index contributed by atoms with van der Waals surface area (Å²) in [5, 5.41) is 15.9. The Morgan fingerprint density at radius 2 is 2.00 bits per heavy atom. The molecule has 0 aliphatic heterocycles. The van der Waals surface area contributed by atoms with Gasteiger partial charge in [0.15, 0.2) is 5.82 Å². The highest BCUT2D eigenvalue weighted by molar-refractivity contribution is 9.10. The minimum absolute atomic E-state index is 0.858. The first-order valence-electron chi connectivity index (χ1n) is 5.45. The molecule has 0 aromatic carbocycles. The van der Waals surface area contributed by atoms with Crippen LogP contribution in [-0.2, 0) is 0 Å². The largest absolute Gasteiger partial charge is 0.369 e. The molecule has 5 heteroatoms. The van der Waals surface area contributed by atoms with Crippen molar-refractivity contribution in [3.05, 3.63) is 26.4 Å². The summed E-state index contributed by atoms with van der Waals surface area (Å²) in [5.41, 5.74) is 4.41. The highest BCUT2D eigenvalue weighted by atomic mass is 79.9. The van der Waals surface area contributed by atoms with E-state index in [2.05, 4.69) is 63.0 Å². The number of halogens is 1. The van der Waals surface area contributed by atoms with Crippen LogP contribution >= 0.6 is 27.3 Å². The van der Waals surface area contributed by atoms with Crippen LogP contribution in [0.5, 0.6) is 0 Å². The lowest BCUT2D eigenvalue weighted by molar-refractivity contribution is 0.987. The molecule has 2 heterocycles. The van der Waals surface area contributed by atoms with Crippen LogP contribution in [-0.4, -0.2) is 16.7 Å². The van der Waals surface area contributed by atoms with Crippen LogP contribution in [0.4, 0.5) is 5.82 Å². The maximum atomic E-state index is 4.33. The first kappa shape index (κ1) is 12.5. The lowest BCUT2D eigenvalue weighted by Gasteiger charge is -2.11. The van der Waals surface area contributed by atoms with Gasteiger partial charge in [-0.2, -0.15) is 11.3 Å². The molecule has 3 nitrogen and oxygen atoms in total. The van der Waals surface area contributed by atoms with Crippen molar-refractivity contribution in [2.45, 2.75) is 20.8 Å². The molecule has 0 bridgehead atoms. The third kappa shape index (κ3) is 2.35. The van der Waals surface area contributed by atoms with Crippen molar-refractivity contribution in [1.29, 1.82) is 0 Å². The summed E-state index contributed by atoms with van der Waals surface area (Å²) in [6.45, 7) is 7.08. The van der Waals surface area contributed by atoms with Gasteiger partial charge >= 0.3 is 0 Å². The van der Waals surface area contributed by atoms with Crippen LogP contribution in [0.25, 0.3) is 11.3 Å². The van der Waals surface area contributed by atoms with Gasteiger partial charge in [-0.05, 0) is 47.8 Å². The molecule has 17 heavy (non-hydrogen) atoms. The maximum Gasteiger partial charge on any atom is 0.151 e. The third-order valence-corrected chi connectivity index (χ3v) is 4.44.